The Labute approximate surface area is 157 Å². The summed E-state index contributed by atoms with van der Waals surface area (Å²) in [5, 5.41) is 0.547. The summed E-state index contributed by atoms with van der Waals surface area (Å²) < 4.78 is 7.24. The van der Waals surface area contributed by atoms with E-state index in [0.717, 1.165) is 19.1 Å². The molecule has 1 aromatic heterocycles. The minimum absolute atomic E-state index is 0.0256. The zero-order valence-electron chi connectivity index (χ0n) is 15.3. The van der Waals surface area contributed by atoms with Crippen LogP contribution in [0, 0.1) is 5.92 Å². The van der Waals surface area contributed by atoms with Gasteiger partial charge in [0.25, 0.3) is 5.56 Å². The number of piperazine rings is 1. The van der Waals surface area contributed by atoms with Gasteiger partial charge in [-0.1, -0.05) is 12.1 Å². The number of ether oxygens (including phenoxy) is 1. The van der Waals surface area contributed by atoms with Crippen molar-refractivity contribution < 1.29 is 9.53 Å². The summed E-state index contributed by atoms with van der Waals surface area (Å²) >= 11 is 0. The first-order valence-corrected chi connectivity index (χ1v) is 9.76. The summed E-state index contributed by atoms with van der Waals surface area (Å²) in [6.07, 6.45) is 4.08. The van der Waals surface area contributed by atoms with Crippen LogP contribution >= 0.6 is 0 Å². The van der Waals surface area contributed by atoms with E-state index in [9.17, 15) is 9.59 Å². The van der Waals surface area contributed by atoms with Gasteiger partial charge in [0.05, 0.1) is 36.5 Å². The van der Waals surface area contributed by atoms with Crippen LogP contribution < -0.4 is 5.56 Å². The fraction of sp³-hybridized carbons (Fsp3) is 0.550. The fourth-order valence-electron chi connectivity index (χ4n) is 4.45. The summed E-state index contributed by atoms with van der Waals surface area (Å²) in [4.78, 5) is 34.2. The summed E-state index contributed by atoms with van der Waals surface area (Å²) in [6.45, 7) is 3.84. The van der Waals surface area contributed by atoms with Gasteiger partial charge in [-0.2, -0.15) is 0 Å². The third-order valence-corrected chi connectivity index (χ3v) is 6.11. The maximum Gasteiger partial charge on any atom is 0.261 e. The van der Waals surface area contributed by atoms with E-state index in [4.69, 9.17) is 4.74 Å². The smallest absolute Gasteiger partial charge is 0.261 e. The van der Waals surface area contributed by atoms with Crippen LogP contribution in [-0.2, 0) is 16.1 Å². The molecule has 27 heavy (non-hydrogen) atoms. The topological polar surface area (TPSA) is 67.7 Å². The van der Waals surface area contributed by atoms with E-state index in [1.54, 1.807) is 6.07 Å². The molecule has 1 aliphatic carbocycles. The molecule has 0 N–H and O–H groups in total. The Kier molecular flexibility index (Phi) is 4.21. The maximum absolute atomic E-state index is 12.8. The van der Waals surface area contributed by atoms with Crippen LogP contribution in [0.5, 0.6) is 0 Å². The Balaban J connectivity index is 1.29. The first kappa shape index (κ1) is 16.9. The molecule has 0 radical (unpaired) electrons. The average Bonchev–Trinajstić information content (AvgIpc) is 3.54. The van der Waals surface area contributed by atoms with Gasteiger partial charge in [-0.25, -0.2) is 4.98 Å². The number of aromatic nitrogens is 2. The Bertz CT molecular complexity index is 923. The molecule has 142 valence electrons. The lowest BCUT2D eigenvalue weighted by molar-refractivity contribution is -0.141. The molecule has 3 aliphatic rings. The molecule has 0 unspecified atom stereocenters. The normalized spacial score (nSPS) is 26.1. The summed E-state index contributed by atoms with van der Waals surface area (Å²) in [5.74, 6) is 0.750. The van der Waals surface area contributed by atoms with E-state index in [1.807, 2.05) is 23.1 Å². The second kappa shape index (κ2) is 6.73. The Morgan fingerprint density at radius 1 is 1.19 bits per heavy atom. The third-order valence-electron chi connectivity index (χ3n) is 6.11. The zero-order valence-corrected chi connectivity index (χ0v) is 15.3. The van der Waals surface area contributed by atoms with Crippen LogP contribution in [0.1, 0.15) is 12.8 Å². The minimum atomic E-state index is -0.164. The highest BCUT2D eigenvalue weighted by molar-refractivity contribution is 5.79. The molecule has 1 saturated carbocycles. The van der Waals surface area contributed by atoms with Crippen molar-refractivity contribution in [1.82, 2.24) is 19.4 Å². The number of hydrogen-bond acceptors (Lipinski definition) is 5. The van der Waals surface area contributed by atoms with Gasteiger partial charge in [0.2, 0.25) is 5.91 Å². The first-order chi connectivity index (χ1) is 13.2. The molecule has 7 nitrogen and oxygen atoms in total. The van der Waals surface area contributed by atoms with Gasteiger partial charge < -0.3 is 9.64 Å². The number of morpholine rings is 1. The Hall–Kier alpha value is -2.25. The molecule has 7 heteroatoms. The highest BCUT2D eigenvalue weighted by atomic mass is 16.5. The van der Waals surface area contributed by atoms with Crippen molar-refractivity contribution >= 4 is 16.8 Å². The van der Waals surface area contributed by atoms with Gasteiger partial charge in [0, 0.05) is 25.7 Å². The van der Waals surface area contributed by atoms with Crippen molar-refractivity contribution in [1.29, 1.82) is 0 Å². The van der Waals surface area contributed by atoms with Crippen LogP contribution in [0.25, 0.3) is 10.9 Å². The van der Waals surface area contributed by atoms with Crippen LogP contribution in [0.4, 0.5) is 0 Å². The van der Waals surface area contributed by atoms with Gasteiger partial charge in [0.1, 0.15) is 6.54 Å². The van der Waals surface area contributed by atoms with Gasteiger partial charge in [0.15, 0.2) is 0 Å². The maximum atomic E-state index is 12.8. The van der Waals surface area contributed by atoms with E-state index in [0.29, 0.717) is 36.6 Å². The van der Waals surface area contributed by atoms with Gasteiger partial charge in [-0.3, -0.25) is 19.1 Å². The predicted octanol–water partition coefficient (Wildman–Crippen LogP) is 0.718. The molecule has 2 saturated heterocycles. The van der Waals surface area contributed by atoms with Crippen LogP contribution in [0.15, 0.2) is 35.4 Å². The molecule has 3 heterocycles. The van der Waals surface area contributed by atoms with E-state index in [1.165, 1.54) is 23.7 Å². The van der Waals surface area contributed by atoms with E-state index < -0.39 is 0 Å². The lowest BCUT2D eigenvalue weighted by Crippen LogP contribution is -2.63. The number of fused-ring (bicyclic) bond motifs is 2. The number of hydrogen-bond donors (Lipinski definition) is 0. The minimum Gasteiger partial charge on any atom is -0.378 e. The zero-order chi connectivity index (χ0) is 18.4. The molecule has 1 aromatic carbocycles. The van der Waals surface area contributed by atoms with Crippen LogP contribution in [0.3, 0.4) is 0 Å². The number of para-hydroxylation sites is 1. The van der Waals surface area contributed by atoms with Crippen molar-refractivity contribution in [2.45, 2.75) is 31.5 Å². The highest BCUT2D eigenvalue weighted by Gasteiger charge is 2.43. The molecule has 2 aromatic rings. The monoisotopic (exact) mass is 368 g/mol. The SMILES string of the molecule is O=C(Cn1cnc2ccccc2c1=O)N1CCN2[C@@H](COC[C@@H]2C2CC2)C1. The number of carbonyl (C=O) groups is 1. The van der Waals surface area contributed by atoms with Crippen LogP contribution in [-0.4, -0.2) is 70.2 Å². The molecule has 3 fully saturated rings. The van der Waals surface area contributed by atoms with E-state index in [-0.39, 0.29) is 24.1 Å². The largest absolute Gasteiger partial charge is 0.378 e. The molecule has 0 bridgehead atoms. The van der Waals surface area contributed by atoms with E-state index in [2.05, 4.69) is 9.88 Å². The van der Waals surface area contributed by atoms with Crippen molar-refractivity contribution in [3.05, 3.63) is 40.9 Å². The molecular formula is C20H24N4O3. The molecule has 2 aliphatic heterocycles. The lowest BCUT2D eigenvalue weighted by atomic mass is 10.0. The van der Waals surface area contributed by atoms with Crippen molar-refractivity contribution in [3.8, 4) is 0 Å². The average molecular weight is 368 g/mol. The molecule has 5 rings (SSSR count). The number of benzene rings is 1. The van der Waals surface area contributed by atoms with Gasteiger partial charge in [-0.15, -0.1) is 0 Å². The molecule has 1 amide bonds. The number of amides is 1. The van der Waals surface area contributed by atoms with Crippen molar-refractivity contribution in [2.75, 3.05) is 32.8 Å². The number of carbonyl (C=O) groups excluding carboxylic acids is 1. The summed E-state index contributed by atoms with van der Waals surface area (Å²) in [7, 11) is 0. The third kappa shape index (κ3) is 3.15. The quantitative estimate of drug-likeness (QED) is 0.799. The van der Waals surface area contributed by atoms with Gasteiger partial charge >= 0.3 is 0 Å². The summed E-state index contributed by atoms with van der Waals surface area (Å²) in [5.41, 5.74) is 0.493. The van der Waals surface area contributed by atoms with Gasteiger partial charge in [-0.05, 0) is 30.9 Å². The number of nitrogens with zero attached hydrogens (tertiary/aromatic N) is 4. The second-order valence-corrected chi connectivity index (χ2v) is 7.87. The summed E-state index contributed by atoms with van der Waals surface area (Å²) in [6, 6.07) is 8.02. The fourth-order valence-corrected chi connectivity index (χ4v) is 4.45. The van der Waals surface area contributed by atoms with Crippen LogP contribution in [0.2, 0.25) is 0 Å². The Morgan fingerprint density at radius 2 is 2.04 bits per heavy atom. The van der Waals surface area contributed by atoms with Crippen molar-refractivity contribution in [3.63, 3.8) is 0 Å². The van der Waals surface area contributed by atoms with Crippen molar-refractivity contribution in [2.24, 2.45) is 5.92 Å². The highest BCUT2D eigenvalue weighted by Crippen LogP contribution is 2.38. The number of rotatable bonds is 3. The van der Waals surface area contributed by atoms with E-state index >= 15 is 0 Å². The standard InChI is InChI=1S/C20H24N4O3/c25-19(10-23-13-21-17-4-2-1-3-16(17)20(23)26)22-7-8-24-15(9-22)11-27-12-18(24)14-5-6-14/h1-4,13-15,18H,5-12H2/t15-,18-/m1/s1. The molecule has 2 atom stereocenters. The predicted molar refractivity (Wildman–Crippen MR) is 100 cm³/mol. The molecule has 0 spiro atoms. The Morgan fingerprint density at radius 3 is 2.89 bits per heavy atom. The second-order valence-electron chi connectivity index (χ2n) is 7.87. The first-order valence-electron chi connectivity index (χ1n) is 9.76. The molecular weight excluding hydrogens is 344 g/mol. The lowest BCUT2D eigenvalue weighted by Gasteiger charge is -2.48.